The smallest absolute Gasteiger partial charge is 0.0703 e. The van der Waals surface area contributed by atoms with Gasteiger partial charge in [-0.15, -0.1) is 0 Å². The predicted octanol–water partition coefficient (Wildman–Crippen LogP) is 2.03. The van der Waals surface area contributed by atoms with Crippen LogP contribution in [0.5, 0.6) is 0 Å². The highest BCUT2D eigenvalue weighted by molar-refractivity contribution is 5.81. The van der Waals surface area contributed by atoms with Crippen LogP contribution < -0.4 is 10.2 Å². The second kappa shape index (κ2) is 4.34. The molecule has 0 bridgehead atoms. The van der Waals surface area contributed by atoms with Crippen LogP contribution in [0.4, 0.5) is 5.69 Å². The fraction of sp³-hybridized carbons (Fsp3) is 0.357. The summed E-state index contributed by atoms with van der Waals surface area (Å²) in [4.78, 5) is 6.92. The van der Waals surface area contributed by atoms with E-state index < -0.39 is 0 Å². The average Bonchev–Trinajstić information content (AvgIpc) is 2.38. The molecule has 2 heterocycles. The Morgan fingerprint density at radius 1 is 1.35 bits per heavy atom. The highest BCUT2D eigenvalue weighted by Crippen LogP contribution is 2.20. The molecule has 1 N–H and O–H groups in total. The van der Waals surface area contributed by atoms with E-state index in [1.807, 2.05) is 12.3 Å². The molecule has 1 aliphatic rings. The number of nitrogens with one attached hydrogen (secondary N) is 1. The third kappa shape index (κ3) is 2.11. The minimum Gasteiger partial charge on any atom is -0.367 e. The Hall–Kier alpha value is -1.61. The zero-order valence-corrected chi connectivity index (χ0v) is 10.1. The van der Waals surface area contributed by atoms with E-state index in [1.165, 1.54) is 11.1 Å². The van der Waals surface area contributed by atoms with Crippen molar-refractivity contribution in [1.29, 1.82) is 0 Å². The lowest BCUT2D eigenvalue weighted by atomic mass is 10.1. The van der Waals surface area contributed by atoms with Crippen LogP contribution in [0, 0.1) is 0 Å². The van der Waals surface area contributed by atoms with Gasteiger partial charge in [-0.2, -0.15) is 0 Å². The number of hydrogen-bond donors (Lipinski definition) is 1. The van der Waals surface area contributed by atoms with Crippen molar-refractivity contribution >= 4 is 16.6 Å². The Bertz CT molecular complexity index is 524. The number of pyridine rings is 1. The largest absolute Gasteiger partial charge is 0.367 e. The second-order valence-electron chi connectivity index (χ2n) is 4.69. The maximum Gasteiger partial charge on any atom is 0.0703 e. The molecule has 0 unspecified atom stereocenters. The molecule has 0 saturated carbocycles. The number of aromatic nitrogens is 1. The van der Waals surface area contributed by atoms with Crippen LogP contribution in [-0.2, 0) is 0 Å². The maximum absolute atomic E-state index is 4.52. The Labute approximate surface area is 101 Å². The standard InChI is InChI=1S/C14H17N3/c1-11-10-17(7-6-15-11)13-8-12-4-2-3-5-14(12)16-9-13/h2-5,8-9,11,15H,6-7,10H2,1H3/t11-/m1/s1. The fourth-order valence-electron chi connectivity index (χ4n) is 2.40. The molecule has 1 aliphatic heterocycles. The van der Waals surface area contributed by atoms with Crippen LogP contribution in [0.25, 0.3) is 10.9 Å². The summed E-state index contributed by atoms with van der Waals surface area (Å²) in [6.45, 7) is 5.39. The number of hydrogen-bond acceptors (Lipinski definition) is 3. The van der Waals surface area contributed by atoms with Gasteiger partial charge in [0.2, 0.25) is 0 Å². The molecule has 17 heavy (non-hydrogen) atoms. The molecule has 0 aliphatic carbocycles. The van der Waals surface area contributed by atoms with Gasteiger partial charge in [-0.25, -0.2) is 0 Å². The summed E-state index contributed by atoms with van der Waals surface area (Å²) in [7, 11) is 0. The van der Waals surface area contributed by atoms with Gasteiger partial charge in [-0.1, -0.05) is 18.2 Å². The number of para-hydroxylation sites is 1. The molecule has 1 saturated heterocycles. The Morgan fingerprint density at radius 3 is 3.12 bits per heavy atom. The van der Waals surface area contributed by atoms with E-state index in [0.29, 0.717) is 6.04 Å². The minimum atomic E-state index is 0.551. The Morgan fingerprint density at radius 2 is 2.24 bits per heavy atom. The van der Waals surface area contributed by atoms with Crippen molar-refractivity contribution < 1.29 is 0 Å². The molecule has 88 valence electrons. The number of anilines is 1. The first-order chi connectivity index (χ1) is 8.33. The van der Waals surface area contributed by atoms with Crippen LogP contribution in [0.2, 0.25) is 0 Å². The number of nitrogens with zero attached hydrogens (tertiary/aromatic N) is 2. The number of fused-ring (bicyclic) bond motifs is 1. The van der Waals surface area contributed by atoms with Gasteiger partial charge in [-0.05, 0) is 19.1 Å². The molecule has 2 aromatic rings. The van der Waals surface area contributed by atoms with Crippen molar-refractivity contribution in [3.8, 4) is 0 Å². The molecule has 1 aromatic carbocycles. The lowest BCUT2D eigenvalue weighted by Gasteiger charge is -2.33. The topological polar surface area (TPSA) is 28.2 Å². The first kappa shape index (κ1) is 10.5. The first-order valence-electron chi connectivity index (χ1n) is 6.16. The van der Waals surface area contributed by atoms with Gasteiger partial charge in [-0.3, -0.25) is 4.98 Å². The van der Waals surface area contributed by atoms with E-state index in [-0.39, 0.29) is 0 Å². The number of rotatable bonds is 1. The fourth-order valence-corrected chi connectivity index (χ4v) is 2.40. The van der Waals surface area contributed by atoms with E-state index in [2.05, 4.69) is 46.4 Å². The molecular formula is C14H17N3. The van der Waals surface area contributed by atoms with Gasteiger partial charge < -0.3 is 10.2 Å². The van der Waals surface area contributed by atoms with Gasteiger partial charge in [0.1, 0.15) is 0 Å². The van der Waals surface area contributed by atoms with Crippen molar-refractivity contribution in [3.63, 3.8) is 0 Å². The molecule has 3 nitrogen and oxygen atoms in total. The molecule has 0 radical (unpaired) electrons. The monoisotopic (exact) mass is 227 g/mol. The molecule has 1 atom stereocenters. The van der Waals surface area contributed by atoms with E-state index in [9.17, 15) is 0 Å². The van der Waals surface area contributed by atoms with Crippen LogP contribution in [-0.4, -0.2) is 30.7 Å². The van der Waals surface area contributed by atoms with Crippen LogP contribution in [0.15, 0.2) is 36.5 Å². The molecule has 1 fully saturated rings. The molecular weight excluding hydrogens is 210 g/mol. The summed E-state index contributed by atoms with van der Waals surface area (Å²) in [5, 5.41) is 4.68. The van der Waals surface area contributed by atoms with Crippen molar-refractivity contribution in [2.24, 2.45) is 0 Å². The van der Waals surface area contributed by atoms with Gasteiger partial charge in [0.15, 0.2) is 0 Å². The summed E-state index contributed by atoms with van der Waals surface area (Å²) in [5.41, 5.74) is 2.30. The molecule has 3 rings (SSSR count). The van der Waals surface area contributed by atoms with Crippen LogP contribution in [0.3, 0.4) is 0 Å². The van der Waals surface area contributed by atoms with Gasteiger partial charge in [0.05, 0.1) is 17.4 Å². The lowest BCUT2D eigenvalue weighted by Crippen LogP contribution is -2.49. The van der Waals surface area contributed by atoms with E-state index >= 15 is 0 Å². The summed E-state index contributed by atoms with van der Waals surface area (Å²) < 4.78 is 0. The van der Waals surface area contributed by atoms with Crippen molar-refractivity contribution in [3.05, 3.63) is 36.5 Å². The normalized spacial score (nSPS) is 20.8. The predicted molar refractivity (Wildman–Crippen MR) is 71.4 cm³/mol. The summed E-state index contributed by atoms with van der Waals surface area (Å²) in [5.74, 6) is 0. The highest BCUT2D eigenvalue weighted by Gasteiger charge is 2.16. The average molecular weight is 227 g/mol. The zero-order valence-electron chi connectivity index (χ0n) is 10.1. The Kier molecular flexibility index (Phi) is 2.69. The van der Waals surface area contributed by atoms with Gasteiger partial charge in [0, 0.05) is 31.1 Å². The van der Waals surface area contributed by atoms with Crippen molar-refractivity contribution in [2.75, 3.05) is 24.5 Å². The van der Waals surface area contributed by atoms with Crippen molar-refractivity contribution in [2.45, 2.75) is 13.0 Å². The summed E-state index contributed by atoms with van der Waals surface area (Å²) in [6, 6.07) is 11.1. The zero-order chi connectivity index (χ0) is 11.7. The minimum absolute atomic E-state index is 0.551. The molecule has 0 spiro atoms. The molecule has 3 heteroatoms. The van der Waals surface area contributed by atoms with Gasteiger partial charge >= 0.3 is 0 Å². The van der Waals surface area contributed by atoms with E-state index in [4.69, 9.17) is 0 Å². The number of piperazine rings is 1. The SMILES string of the molecule is C[C@@H]1CN(c2cnc3ccccc3c2)CCN1. The summed E-state index contributed by atoms with van der Waals surface area (Å²) >= 11 is 0. The first-order valence-corrected chi connectivity index (χ1v) is 6.16. The van der Waals surface area contributed by atoms with Gasteiger partial charge in [0.25, 0.3) is 0 Å². The Balaban J connectivity index is 1.94. The lowest BCUT2D eigenvalue weighted by molar-refractivity contribution is 0.484. The second-order valence-corrected chi connectivity index (χ2v) is 4.69. The third-order valence-electron chi connectivity index (χ3n) is 3.31. The third-order valence-corrected chi connectivity index (χ3v) is 3.31. The van der Waals surface area contributed by atoms with E-state index in [0.717, 1.165) is 25.2 Å². The van der Waals surface area contributed by atoms with E-state index in [1.54, 1.807) is 0 Å². The van der Waals surface area contributed by atoms with Crippen molar-refractivity contribution in [1.82, 2.24) is 10.3 Å². The number of benzene rings is 1. The summed E-state index contributed by atoms with van der Waals surface area (Å²) in [6.07, 6.45) is 1.99. The van der Waals surface area contributed by atoms with Crippen LogP contribution >= 0.6 is 0 Å². The maximum atomic E-state index is 4.52. The molecule has 1 aromatic heterocycles. The quantitative estimate of drug-likeness (QED) is 0.808. The molecule has 0 amide bonds. The highest BCUT2D eigenvalue weighted by atomic mass is 15.2. The van der Waals surface area contributed by atoms with Crippen LogP contribution in [0.1, 0.15) is 6.92 Å².